The monoisotopic (exact) mass is 587 g/mol. The molecule has 46 heavy (non-hydrogen) atoms. The van der Waals surface area contributed by atoms with Crippen molar-refractivity contribution in [1.82, 2.24) is 0 Å². The molecule has 0 saturated heterocycles. The van der Waals surface area contributed by atoms with Crippen LogP contribution in [0.25, 0.3) is 54.6 Å². The molecule has 0 N–H and O–H groups in total. The molecule has 0 amide bonds. The van der Waals surface area contributed by atoms with Gasteiger partial charge in [-0.25, -0.2) is 0 Å². The summed E-state index contributed by atoms with van der Waals surface area (Å²) in [5.41, 5.74) is 11.2. The number of fused-ring (bicyclic) bond motifs is 8. The van der Waals surface area contributed by atoms with E-state index in [1.54, 1.807) is 0 Å². The van der Waals surface area contributed by atoms with E-state index in [1.165, 1.54) is 65.7 Å². The van der Waals surface area contributed by atoms with E-state index < -0.39 is 0 Å². The first-order valence-corrected chi connectivity index (χ1v) is 16.1. The Hall–Kier alpha value is -5.66. The summed E-state index contributed by atoms with van der Waals surface area (Å²) in [6.07, 6.45) is 0. The lowest BCUT2D eigenvalue weighted by molar-refractivity contribution is 0.660. The molecule has 9 rings (SSSR count). The van der Waals surface area contributed by atoms with E-state index in [2.05, 4.69) is 183 Å². The second-order valence-electron chi connectivity index (χ2n) is 13.0. The van der Waals surface area contributed by atoms with Crippen LogP contribution >= 0.6 is 0 Å². The van der Waals surface area contributed by atoms with Crippen LogP contribution in [0.1, 0.15) is 25.0 Å². The normalized spacial score (nSPS) is 13.2. The number of anilines is 3. The Morgan fingerprint density at radius 1 is 0.370 bits per heavy atom. The van der Waals surface area contributed by atoms with Crippen LogP contribution in [0.5, 0.6) is 0 Å². The summed E-state index contributed by atoms with van der Waals surface area (Å²) in [5, 5.41) is 7.66. The average Bonchev–Trinajstić information content (AvgIpc) is 3.34. The van der Waals surface area contributed by atoms with Crippen molar-refractivity contribution in [3.05, 3.63) is 175 Å². The highest BCUT2D eigenvalue weighted by Gasteiger charge is 2.35. The van der Waals surface area contributed by atoms with Crippen LogP contribution in [0.3, 0.4) is 0 Å². The molecule has 8 aromatic rings. The van der Waals surface area contributed by atoms with E-state index in [4.69, 9.17) is 0 Å². The molecule has 0 aromatic heterocycles. The molecule has 0 unspecified atom stereocenters. The zero-order valence-electron chi connectivity index (χ0n) is 26.0. The van der Waals surface area contributed by atoms with E-state index in [1.807, 2.05) is 0 Å². The van der Waals surface area contributed by atoms with Gasteiger partial charge in [0.05, 0.1) is 0 Å². The lowest BCUT2D eigenvalue weighted by atomic mass is 9.82. The first kappa shape index (κ1) is 26.7. The van der Waals surface area contributed by atoms with Crippen molar-refractivity contribution in [2.45, 2.75) is 19.3 Å². The lowest BCUT2D eigenvalue weighted by Crippen LogP contribution is -2.15. The molecule has 0 saturated carbocycles. The quantitative estimate of drug-likeness (QED) is 0.185. The molecule has 0 aliphatic heterocycles. The Morgan fingerprint density at radius 2 is 0.978 bits per heavy atom. The molecule has 0 spiro atoms. The summed E-state index contributed by atoms with van der Waals surface area (Å²) >= 11 is 0. The van der Waals surface area contributed by atoms with Gasteiger partial charge in [-0.2, -0.15) is 0 Å². The molecule has 0 atom stereocenters. The predicted octanol–water partition coefficient (Wildman–Crippen LogP) is 12.6. The zero-order chi connectivity index (χ0) is 30.8. The number of hydrogen-bond acceptors (Lipinski definition) is 1. The highest BCUT2D eigenvalue weighted by atomic mass is 15.1. The van der Waals surface area contributed by atoms with E-state index in [0.717, 1.165) is 17.1 Å². The Labute approximate surface area is 270 Å². The minimum atomic E-state index is -0.0311. The molecule has 1 nitrogen and oxygen atoms in total. The smallest absolute Gasteiger partial charge is 0.0468 e. The summed E-state index contributed by atoms with van der Waals surface area (Å²) < 4.78 is 0. The summed E-state index contributed by atoms with van der Waals surface area (Å²) in [4.78, 5) is 2.42. The summed E-state index contributed by atoms with van der Waals surface area (Å²) in [6.45, 7) is 4.69. The van der Waals surface area contributed by atoms with Crippen LogP contribution in [0.15, 0.2) is 164 Å². The van der Waals surface area contributed by atoms with Crippen LogP contribution in [0, 0.1) is 0 Å². The summed E-state index contributed by atoms with van der Waals surface area (Å²) in [5.74, 6) is 0. The number of rotatable bonds is 4. The third-order valence-corrected chi connectivity index (χ3v) is 10.0. The maximum atomic E-state index is 2.42. The Kier molecular flexibility index (Phi) is 5.92. The fourth-order valence-electron chi connectivity index (χ4n) is 7.71. The van der Waals surface area contributed by atoms with Crippen LogP contribution in [0.2, 0.25) is 0 Å². The molecule has 218 valence electrons. The third kappa shape index (κ3) is 4.09. The minimum Gasteiger partial charge on any atom is -0.310 e. The second kappa shape index (κ2) is 10.2. The minimum absolute atomic E-state index is 0.0311. The summed E-state index contributed by atoms with van der Waals surface area (Å²) in [7, 11) is 0. The van der Waals surface area contributed by atoms with Gasteiger partial charge in [0.2, 0.25) is 0 Å². The van der Waals surface area contributed by atoms with Crippen molar-refractivity contribution in [1.29, 1.82) is 0 Å². The van der Waals surface area contributed by atoms with Crippen molar-refractivity contribution in [3.8, 4) is 22.3 Å². The van der Waals surface area contributed by atoms with Crippen LogP contribution in [-0.2, 0) is 5.41 Å². The fourth-order valence-corrected chi connectivity index (χ4v) is 7.71. The van der Waals surface area contributed by atoms with Gasteiger partial charge in [-0.15, -0.1) is 0 Å². The van der Waals surface area contributed by atoms with Gasteiger partial charge in [-0.1, -0.05) is 141 Å². The number of hydrogen-bond donors (Lipinski definition) is 0. The van der Waals surface area contributed by atoms with E-state index in [-0.39, 0.29) is 5.41 Å². The molecule has 8 aromatic carbocycles. The molecule has 1 aliphatic rings. The van der Waals surface area contributed by atoms with E-state index in [9.17, 15) is 0 Å². The first-order chi connectivity index (χ1) is 22.6. The summed E-state index contributed by atoms with van der Waals surface area (Å²) in [6, 6.07) is 60.2. The molecule has 1 aliphatic carbocycles. The van der Waals surface area contributed by atoms with Gasteiger partial charge >= 0.3 is 0 Å². The topological polar surface area (TPSA) is 3.24 Å². The molecular formula is C45H33N. The van der Waals surface area contributed by atoms with Crippen molar-refractivity contribution in [2.24, 2.45) is 0 Å². The maximum Gasteiger partial charge on any atom is 0.0468 e. The predicted molar refractivity (Wildman–Crippen MR) is 197 cm³/mol. The fraction of sp³-hybridized carbons (Fsp3) is 0.0667. The van der Waals surface area contributed by atoms with Crippen molar-refractivity contribution < 1.29 is 0 Å². The molecule has 0 heterocycles. The highest BCUT2D eigenvalue weighted by molar-refractivity contribution is 6.17. The largest absolute Gasteiger partial charge is 0.310 e. The van der Waals surface area contributed by atoms with Gasteiger partial charge < -0.3 is 4.90 Å². The van der Waals surface area contributed by atoms with Crippen LogP contribution < -0.4 is 4.90 Å². The lowest BCUT2D eigenvalue weighted by Gasteiger charge is -2.28. The van der Waals surface area contributed by atoms with Gasteiger partial charge in [0.1, 0.15) is 0 Å². The zero-order valence-corrected chi connectivity index (χ0v) is 26.0. The average molecular weight is 588 g/mol. The maximum absolute atomic E-state index is 2.42. The van der Waals surface area contributed by atoms with Crippen molar-refractivity contribution >= 4 is 49.4 Å². The van der Waals surface area contributed by atoms with Crippen molar-refractivity contribution in [2.75, 3.05) is 4.90 Å². The second-order valence-corrected chi connectivity index (χ2v) is 13.0. The van der Waals surface area contributed by atoms with E-state index in [0.29, 0.717) is 0 Å². The molecule has 0 fully saturated rings. The Morgan fingerprint density at radius 3 is 1.85 bits per heavy atom. The highest BCUT2D eigenvalue weighted by Crippen LogP contribution is 2.51. The Bertz CT molecular complexity index is 2450. The van der Waals surface area contributed by atoms with Gasteiger partial charge in [0.25, 0.3) is 0 Å². The first-order valence-electron chi connectivity index (χ1n) is 16.1. The van der Waals surface area contributed by atoms with E-state index >= 15 is 0 Å². The standard InChI is InChI=1S/C45H33N/c1-45(2)43-18-9-8-17-41(43)42-29-36(22-26-44(42)45)46(34-15-10-14-32(27-34)30-11-4-3-5-12-30)35-21-25-38-33(28-35)20-24-39-37-16-7-6-13-31(37)19-23-40(38)39/h3-29H,1-2H3. The molecule has 0 bridgehead atoms. The SMILES string of the molecule is CC1(C)c2ccccc2-c2cc(N(c3cccc(-c4ccccc4)c3)c3ccc4c(ccc5c6ccccc6ccc45)c3)ccc21. The van der Waals surface area contributed by atoms with Gasteiger partial charge in [0.15, 0.2) is 0 Å². The van der Waals surface area contributed by atoms with Gasteiger partial charge in [0, 0.05) is 22.5 Å². The number of nitrogens with zero attached hydrogens (tertiary/aromatic N) is 1. The number of benzene rings is 8. The molecule has 0 radical (unpaired) electrons. The van der Waals surface area contributed by atoms with Gasteiger partial charge in [-0.3, -0.25) is 0 Å². The van der Waals surface area contributed by atoms with Crippen LogP contribution in [0.4, 0.5) is 17.1 Å². The van der Waals surface area contributed by atoms with Gasteiger partial charge in [-0.05, 0) is 102 Å². The molecule has 1 heteroatoms. The third-order valence-electron chi connectivity index (χ3n) is 10.0. The van der Waals surface area contributed by atoms with Crippen molar-refractivity contribution in [3.63, 3.8) is 0 Å². The molecular weight excluding hydrogens is 555 g/mol. The van der Waals surface area contributed by atoms with Crippen LogP contribution in [-0.4, -0.2) is 0 Å². The Balaban J connectivity index is 1.25.